The lowest BCUT2D eigenvalue weighted by molar-refractivity contribution is -0.385. The van der Waals surface area contributed by atoms with Gasteiger partial charge in [-0.05, 0) is 30.9 Å². The molecule has 1 aromatic heterocycles. The van der Waals surface area contributed by atoms with Gasteiger partial charge in [-0.3, -0.25) is 10.1 Å². The molecule has 0 saturated heterocycles. The molecule has 0 aliphatic heterocycles. The number of aromatic nitrogens is 2. The third-order valence-corrected chi connectivity index (χ3v) is 3.95. The van der Waals surface area contributed by atoms with Crippen molar-refractivity contribution < 1.29 is 4.92 Å². The third kappa shape index (κ3) is 3.79. The molecule has 110 valence electrons. The molecule has 1 aromatic rings. The Balaban J connectivity index is 1.99. The molecule has 0 radical (unpaired) electrons. The molecule has 0 atom stereocenters. The van der Waals surface area contributed by atoms with Gasteiger partial charge in [0, 0.05) is 6.54 Å². The summed E-state index contributed by atoms with van der Waals surface area (Å²) in [4.78, 5) is 18.4. The average Bonchev–Trinajstić information content (AvgIpc) is 2.38. The topological polar surface area (TPSA) is 81.0 Å². The Hall–Kier alpha value is -1.43. The first kappa shape index (κ1) is 15.0. The molecule has 2 rings (SSSR count). The maximum absolute atomic E-state index is 11.1. The fraction of sp³-hybridized carbons (Fsp3) is 0.692. The van der Waals surface area contributed by atoms with Crippen LogP contribution in [0.3, 0.4) is 0 Å². The molecule has 0 amide bonds. The lowest BCUT2D eigenvalue weighted by Crippen LogP contribution is -2.14. The van der Waals surface area contributed by atoms with Crippen LogP contribution in [0.5, 0.6) is 0 Å². The molecule has 7 heteroatoms. The highest BCUT2D eigenvalue weighted by atomic mass is 35.5. The molecule has 1 N–H and O–H groups in total. The number of aryl methyl sites for hydroxylation is 1. The Morgan fingerprint density at radius 3 is 2.70 bits per heavy atom. The van der Waals surface area contributed by atoms with Gasteiger partial charge >= 0.3 is 5.69 Å². The molecule has 1 saturated carbocycles. The van der Waals surface area contributed by atoms with E-state index in [9.17, 15) is 10.1 Å². The predicted molar refractivity (Wildman–Crippen MR) is 78.1 cm³/mol. The van der Waals surface area contributed by atoms with Gasteiger partial charge in [0.1, 0.15) is 5.69 Å². The second-order valence-corrected chi connectivity index (χ2v) is 5.59. The van der Waals surface area contributed by atoms with E-state index >= 15 is 0 Å². The minimum atomic E-state index is -0.464. The average molecular weight is 299 g/mol. The summed E-state index contributed by atoms with van der Waals surface area (Å²) in [6, 6.07) is 0. The highest BCUT2D eigenvalue weighted by Crippen LogP contribution is 2.28. The summed E-state index contributed by atoms with van der Waals surface area (Å²) in [6.45, 7) is 2.25. The monoisotopic (exact) mass is 298 g/mol. The van der Waals surface area contributed by atoms with E-state index in [2.05, 4.69) is 15.3 Å². The molecule has 0 aromatic carbocycles. The van der Waals surface area contributed by atoms with Crippen LogP contribution in [0.15, 0.2) is 0 Å². The van der Waals surface area contributed by atoms with Crippen LogP contribution in [0.1, 0.15) is 44.2 Å². The molecule has 0 unspecified atom stereocenters. The van der Waals surface area contributed by atoms with Gasteiger partial charge in [0.15, 0.2) is 0 Å². The normalized spacial score (nSPS) is 16.1. The van der Waals surface area contributed by atoms with Crippen molar-refractivity contribution in [3.8, 4) is 0 Å². The van der Waals surface area contributed by atoms with Gasteiger partial charge in [0.25, 0.3) is 0 Å². The van der Waals surface area contributed by atoms with Gasteiger partial charge in [0.05, 0.1) is 4.92 Å². The lowest BCUT2D eigenvalue weighted by Gasteiger charge is -2.21. The Bertz CT molecular complexity index is 490. The number of nitro groups is 1. The van der Waals surface area contributed by atoms with Crippen molar-refractivity contribution in [3.63, 3.8) is 0 Å². The van der Waals surface area contributed by atoms with Crippen molar-refractivity contribution >= 4 is 23.1 Å². The van der Waals surface area contributed by atoms with Gasteiger partial charge in [-0.2, -0.15) is 4.98 Å². The smallest absolute Gasteiger partial charge is 0.332 e. The second kappa shape index (κ2) is 6.83. The maximum atomic E-state index is 11.1. The highest BCUT2D eigenvalue weighted by molar-refractivity contribution is 6.28. The van der Waals surface area contributed by atoms with Crippen LogP contribution in [0.4, 0.5) is 11.5 Å². The number of nitrogens with one attached hydrogen (secondary N) is 1. The lowest BCUT2D eigenvalue weighted by atomic mass is 9.87. The van der Waals surface area contributed by atoms with E-state index in [0.29, 0.717) is 12.5 Å². The van der Waals surface area contributed by atoms with Crippen LogP contribution < -0.4 is 5.32 Å². The summed E-state index contributed by atoms with van der Waals surface area (Å²) < 4.78 is 0. The zero-order chi connectivity index (χ0) is 14.5. The zero-order valence-electron chi connectivity index (χ0n) is 11.6. The van der Waals surface area contributed by atoms with Crippen LogP contribution in [0.2, 0.25) is 5.28 Å². The van der Waals surface area contributed by atoms with Gasteiger partial charge in [-0.1, -0.05) is 32.1 Å². The summed E-state index contributed by atoms with van der Waals surface area (Å²) in [5, 5.41) is 14.1. The molecular formula is C13H19ClN4O2. The predicted octanol–water partition coefficient (Wildman–Crippen LogP) is 3.73. The van der Waals surface area contributed by atoms with E-state index in [4.69, 9.17) is 11.6 Å². The van der Waals surface area contributed by atoms with Crippen molar-refractivity contribution in [2.24, 2.45) is 5.92 Å². The van der Waals surface area contributed by atoms with Gasteiger partial charge < -0.3 is 5.32 Å². The molecule has 0 spiro atoms. The van der Waals surface area contributed by atoms with Gasteiger partial charge in [-0.25, -0.2) is 4.98 Å². The van der Waals surface area contributed by atoms with E-state index in [-0.39, 0.29) is 22.5 Å². The molecule has 1 aliphatic carbocycles. The zero-order valence-corrected chi connectivity index (χ0v) is 12.3. The number of hydrogen-bond acceptors (Lipinski definition) is 5. The summed E-state index contributed by atoms with van der Waals surface area (Å²) in [6.07, 6.45) is 7.45. The van der Waals surface area contributed by atoms with Crippen LogP contribution >= 0.6 is 11.6 Å². The SMILES string of the molecule is Cc1nc(Cl)nc(NCCC2CCCCC2)c1[N+](=O)[O-]. The number of halogens is 1. The van der Waals surface area contributed by atoms with Gasteiger partial charge in [-0.15, -0.1) is 0 Å². The Morgan fingerprint density at radius 1 is 1.35 bits per heavy atom. The molecular weight excluding hydrogens is 280 g/mol. The van der Waals surface area contributed by atoms with Crippen molar-refractivity contribution in [2.45, 2.75) is 45.4 Å². The van der Waals surface area contributed by atoms with E-state index in [1.54, 1.807) is 6.92 Å². The Kier molecular flexibility index (Phi) is 5.11. The standard InChI is InChI=1S/C13H19ClN4O2/c1-9-11(18(19)20)12(17-13(14)16-9)15-8-7-10-5-3-2-4-6-10/h10H,2-8H2,1H3,(H,15,16,17). The molecule has 6 nitrogen and oxygen atoms in total. The van der Waals surface area contributed by atoms with E-state index < -0.39 is 4.92 Å². The molecule has 1 fully saturated rings. The van der Waals surface area contributed by atoms with Crippen molar-refractivity contribution in [3.05, 3.63) is 21.1 Å². The second-order valence-electron chi connectivity index (χ2n) is 5.25. The minimum absolute atomic E-state index is 0.0354. The summed E-state index contributed by atoms with van der Waals surface area (Å²) in [5.74, 6) is 0.942. The molecule has 0 bridgehead atoms. The Morgan fingerprint density at radius 2 is 2.05 bits per heavy atom. The van der Waals surface area contributed by atoms with E-state index in [1.807, 2.05) is 0 Å². The summed E-state index contributed by atoms with van der Waals surface area (Å²) >= 11 is 5.77. The minimum Gasteiger partial charge on any atom is -0.364 e. The van der Waals surface area contributed by atoms with Crippen LogP contribution in [-0.4, -0.2) is 21.4 Å². The molecule has 1 heterocycles. The van der Waals surface area contributed by atoms with Crippen LogP contribution in [0.25, 0.3) is 0 Å². The quantitative estimate of drug-likeness (QED) is 0.509. The van der Waals surface area contributed by atoms with Crippen LogP contribution in [0, 0.1) is 23.0 Å². The largest absolute Gasteiger partial charge is 0.364 e. The molecule has 20 heavy (non-hydrogen) atoms. The molecule has 1 aliphatic rings. The number of nitrogens with zero attached hydrogens (tertiary/aromatic N) is 3. The number of hydrogen-bond donors (Lipinski definition) is 1. The van der Waals surface area contributed by atoms with Crippen molar-refractivity contribution in [2.75, 3.05) is 11.9 Å². The van der Waals surface area contributed by atoms with Crippen molar-refractivity contribution in [1.29, 1.82) is 0 Å². The summed E-state index contributed by atoms with van der Waals surface area (Å²) in [5.41, 5.74) is 0.202. The Labute approximate surface area is 123 Å². The third-order valence-electron chi connectivity index (χ3n) is 3.78. The number of anilines is 1. The summed E-state index contributed by atoms with van der Waals surface area (Å²) in [7, 11) is 0. The highest BCUT2D eigenvalue weighted by Gasteiger charge is 2.22. The maximum Gasteiger partial charge on any atom is 0.332 e. The van der Waals surface area contributed by atoms with E-state index in [0.717, 1.165) is 6.42 Å². The number of rotatable bonds is 5. The fourth-order valence-electron chi connectivity index (χ4n) is 2.75. The fourth-order valence-corrected chi connectivity index (χ4v) is 2.96. The first-order chi connectivity index (χ1) is 9.58. The van der Waals surface area contributed by atoms with Gasteiger partial charge in [0.2, 0.25) is 11.1 Å². The first-order valence-corrected chi connectivity index (χ1v) is 7.38. The van der Waals surface area contributed by atoms with Crippen LogP contribution in [-0.2, 0) is 0 Å². The van der Waals surface area contributed by atoms with E-state index in [1.165, 1.54) is 32.1 Å². The van der Waals surface area contributed by atoms with Crippen molar-refractivity contribution in [1.82, 2.24) is 9.97 Å². The first-order valence-electron chi connectivity index (χ1n) is 7.00.